The lowest BCUT2D eigenvalue weighted by Gasteiger charge is -2.33. The number of fused-ring (bicyclic) bond motifs is 1. The second-order valence-corrected chi connectivity index (χ2v) is 8.87. The predicted octanol–water partition coefficient (Wildman–Crippen LogP) is 4.08. The molecular formula is C24H29F2N5O3. The second-order valence-electron chi connectivity index (χ2n) is 8.87. The summed E-state index contributed by atoms with van der Waals surface area (Å²) in [5.41, 5.74) is 3.08. The molecular weight excluding hydrogens is 444 g/mol. The molecule has 0 unspecified atom stereocenters. The Morgan fingerprint density at radius 2 is 2.00 bits per heavy atom. The molecule has 0 radical (unpaired) electrons. The molecule has 34 heavy (non-hydrogen) atoms. The Morgan fingerprint density at radius 1 is 1.29 bits per heavy atom. The summed E-state index contributed by atoms with van der Waals surface area (Å²) in [5, 5.41) is 17.0. The number of ether oxygens (including phenoxy) is 1. The fourth-order valence-corrected chi connectivity index (χ4v) is 4.34. The number of alkyl carbamates (subject to hydrolysis) is 1. The molecule has 1 aromatic carbocycles. The first kappa shape index (κ1) is 23.9. The molecule has 0 spiro atoms. The van der Waals surface area contributed by atoms with Crippen LogP contribution in [0.5, 0.6) is 0 Å². The van der Waals surface area contributed by atoms with Gasteiger partial charge in [0.1, 0.15) is 12.3 Å². The van der Waals surface area contributed by atoms with E-state index in [0.29, 0.717) is 17.0 Å². The smallest absolute Gasteiger partial charge is 0.408 e. The molecule has 8 nitrogen and oxygen atoms in total. The summed E-state index contributed by atoms with van der Waals surface area (Å²) in [7, 11) is 3.68. The van der Waals surface area contributed by atoms with Crippen molar-refractivity contribution in [2.75, 3.05) is 19.0 Å². The number of nitrogens with zero attached hydrogens (tertiary/aromatic N) is 4. The largest absolute Gasteiger partial charge is 0.445 e. The number of imidazole rings is 1. The Morgan fingerprint density at radius 3 is 2.65 bits per heavy atom. The van der Waals surface area contributed by atoms with Crippen LogP contribution in [0.1, 0.15) is 48.7 Å². The van der Waals surface area contributed by atoms with E-state index in [1.807, 2.05) is 49.3 Å². The third-order valence-corrected chi connectivity index (χ3v) is 6.19. The highest BCUT2D eigenvalue weighted by molar-refractivity contribution is 5.68. The SMILES string of the molecule is CN(C)c1cc2nc([C@@H](NC(=O)OCc3ccccc3)C3CCC(F)(F)CC3)cn2nc1CO. The van der Waals surface area contributed by atoms with Crippen LogP contribution in [-0.4, -0.2) is 45.8 Å². The number of aliphatic hydroxyl groups excluding tert-OH is 1. The number of alkyl halides is 2. The maximum atomic E-state index is 13.8. The van der Waals surface area contributed by atoms with E-state index in [2.05, 4.69) is 15.4 Å². The first-order valence-corrected chi connectivity index (χ1v) is 11.3. The van der Waals surface area contributed by atoms with Crippen LogP contribution in [0.3, 0.4) is 0 Å². The highest BCUT2D eigenvalue weighted by atomic mass is 19.3. The van der Waals surface area contributed by atoms with Crippen LogP contribution < -0.4 is 10.2 Å². The van der Waals surface area contributed by atoms with Crippen LogP contribution in [0.15, 0.2) is 42.6 Å². The van der Waals surface area contributed by atoms with Gasteiger partial charge in [-0.1, -0.05) is 30.3 Å². The maximum absolute atomic E-state index is 13.8. The summed E-state index contributed by atoms with van der Waals surface area (Å²) in [5.74, 6) is -2.91. The number of aliphatic hydroxyl groups is 1. The average Bonchev–Trinajstić information content (AvgIpc) is 3.24. The number of carbonyl (C=O) groups is 1. The number of amides is 1. The molecule has 1 aliphatic carbocycles. The minimum absolute atomic E-state index is 0.0981. The monoisotopic (exact) mass is 473 g/mol. The zero-order valence-corrected chi connectivity index (χ0v) is 19.2. The van der Waals surface area contributed by atoms with Gasteiger partial charge in [0.2, 0.25) is 5.92 Å². The van der Waals surface area contributed by atoms with Crippen LogP contribution in [0, 0.1) is 5.92 Å². The van der Waals surface area contributed by atoms with Crippen molar-refractivity contribution in [1.82, 2.24) is 19.9 Å². The molecule has 1 saturated carbocycles. The van der Waals surface area contributed by atoms with Gasteiger partial charge in [-0.2, -0.15) is 5.10 Å². The van der Waals surface area contributed by atoms with Crippen LogP contribution in [-0.2, 0) is 18.0 Å². The number of halogens is 2. The van der Waals surface area contributed by atoms with Crippen molar-refractivity contribution in [3.63, 3.8) is 0 Å². The molecule has 2 heterocycles. The standard InChI is InChI=1S/C24H29F2N5O3/c1-30(2)20-12-21-27-18(13-31(21)29-19(20)14-32)22(17-8-10-24(25,26)11-9-17)28-23(33)34-15-16-6-4-3-5-7-16/h3-7,12-13,17,22,32H,8-11,14-15H2,1-2H3,(H,28,33)/t22-/m0/s1. The molecule has 0 aliphatic heterocycles. The van der Waals surface area contributed by atoms with E-state index in [9.17, 15) is 18.7 Å². The van der Waals surface area contributed by atoms with Crippen molar-refractivity contribution in [2.45, 2.75) is 50.9 Å². The lowest BCUT2D eigenvalue weighted by molar-refractivity contribution is -0.0497. The van der Waals surface area contributed by atoms with Gasteiger partial charge in [0.15, 0.2) is 5.65 Å². The van der Waals surface area contributed by atoms with Crippen LogP contribution in [0.2, 0.25) is 0 Å². The number of nitrogens with one attached hydrogen (secondary N) is 1. The molecule has 1 atom stereocenters. The lowest BCUT2D eigenvalue weighted by atomic mass is 9.81. The Balaban J connectivity index is 1.59. The third-order valence-electron chi connectivity index (χ3n) is 6.19. The van der Waals surface area contributed by atoms with Crippen LogP contribution in [0.25, 0.3) is 5.65 Å². The minimum atomic E-state index is -2.69. The van der Waals surface area contributed by atoms with E-state index in [4.69, 9.17) is 4.74 Å². The number of aromatic nitrogens is 3. The van der Waals surface area contributed by atoms with E-state index in [1.54, 1.807) is 12.3 Å². The second kappa shape index (κ2) is 9.92. The molecule has 1 aliphatic rings. The van der Waals surface area contributed by atoms with Gasteiger partial charge < -0.3 is 20.1 Å². The number of hydrogen-bond acceptors (Lipinski definition) is 6. The van der Waals surface area contributed by atoms with E-state index in [0.717, 1.165) is 11.3 Å². The van der Waals surface area contributed by atoms with Crippen LogP contribution >= 0.6 is 0 Å². The molecule has 182 valence electrons. The summed E-state index contributed by atoms with van der Waals surface area (Å²) in [6.07, 6.45) is 1.06. The average molecular weight is 474 g/mol. The van der Waals surface area contributed by atoms with Gasteiger partial charge in [0.05, 0.1) is 30.2 Å². The number of rotatable bonds is 7. The van der Waals surface area contributed by atoms with E-state index in [-0.39, 0.29) is 44.8 Å². The van der Waals surface area contributed by atoms with Crippen molar-refractivity contribution < 1.29 is 23.4 Å². The number of anilines is 1. The summed E-state index contributed by atoms with van der Waals surface area (Å²) in [4.78, 5) is 19.1. The van der Waals surface area contributed by atoms with Gasteiger partial charge in [-0.15, -0.1) is 0 Å². The number of carbonyl (C=O) groups excluding carboxylic acids is 1. The Kier molecular flexibility index (Phi) is 6.97. The molecule has 0 bridgehead atoms. The topological polar surface area (TPSA) is 92.0 Å². The predicted molar refractivity (Wildman–Crippen MR) is 123 cm³/mol. The molecule has 2 N–H and O–H groups in total. The summed E-state index contributed by atoms with van der Waals surface area (Å²) in [6.45, 7) is -0.150. The fourth-order valence-electron chi connectivity index (χ4n) is 4.34. The van der Waals surface area contributed by atoms with Gasteiger partial charge in [-0.3, -0.25) is 0 Å². The quantitative estimate of drug-likeness (QED) is 0.537. The highest BCUT2D eigenvalue weighted by Gasteiger charge is 2.39. The fraction of sp³-hybridized carbons (Fsp3) is 0.458. The summed E-state index contributed by atoms with van der Waals surface area (Å²) < 4.78 is 34.6. The lowest BCUT2D eigenvalue weighted by Crippen LogP contribution is -2.37. The third kappa shape index (κ3) is 5.44. The maximum Gasteiger partial charge on any atom is 0.408 e. The zero-order valence-electron chi connectivity index (χ0n) is 19.2. The highest BCUT2D eigenvalue weighted by Crippen LogP contribution is 2.41. The summed E-state index contributed by atoms with van der Waals surface area (Å²) in [6, 6.07) is 10.5. The summed E-state index contributed by atoms with van der Waals surface area (Å²) >= 11 is 0. The zero-order chi connectivity index (χ0) is 24.3. The Bertz CT molecular complexity index is 1130. The van der Waals surface area contributed by atoms with E-state index < -0.39 is 18.1 Å². The van der Waals surface area contributed by atoms with Crippen molar-refractivity contribution in [2.24, 2.45) is 5.92 Å². The molecule has 1 amide bonds. The number of hydrogen-bond donors (Lipinski definition) is 2. The first-order chi connectivity index (χ1) is 16.3. The van der Waals surface area contributed by atoms with Gasteiger partial charge in [-0.05, 0) is 24.3 Å². The van der Waals surface area contributed by atoms with E-state index in [1.165, 1.54) is 4.52 Å². The van der Waals surface area contributed by atoms with Crippen molar-refractivity contribution in [3.8, 4) is 0 Å². The Labute approximate surface area is 196 Å². The normalized spacial score (nSPS) is 16.9. The first-order valence-electron chi connectivity index (χ1n) is 11.3. The van der Waals surface area contributed by atoms with Gasteiger partial charge in [0.25, 0.3) is 0 Å². The Hall–Kier alpha value is -3.27. The number of benzene rings is 1. The van der Waals surface area contributed by atoms with Crippen molar-refractivity contribution in [1.29, 1.82) is 0 Å². The molecule has 0 saturated heterocycles. The molecule has 2 aromatic heterocycles. The molecule has 3 aromatic rings. The van der Waals surface area contributed by atoms with Gasteiger partial charge in [0, 0.05) is 33.0 Å². The van der Waals surface area contributed by atoms with Crippen molar-refractivity contribution in [3.05, 3.63) is 59.5 Å². The van der Waals surface area contributed by atoms with Gasteiger partial charge >= 0.3 is 6.09 Å². The van der Waals surface area contributed by atoms with Crippen LogP contribution in [0.4, 0.5) is 19.3 Å². The molecule has 1 fully saturated rings. The van der Waals surface area contributed by atoms with E-state index >= 15 is 0 Å². The van der Waals surface area contributed by atoms with Gasteiger partial charge in [-0.25, -0.2) is 23.1 Å². The minimum Gasteiger partial charge on any atom is -0.445 e. The molecule has 10 heteroatoms. The molecule has 4 rings (SSSR count). The van der Waals surface area contributed by atoms with Crippen molar-refractivity contribution >= 4 is 17.4 Å².